The van der Waals surface area contributed by atoms with Crippen molar-refractivity contribution >= 4 is 65.6 Å². The van der Waals surface area contributed by atoms with Crippen molar-refractivity contribution in [1.82, 2.24) is 14.1 Å². The van der Waals surface area contributed by atoms with Crippen LogP contribution in [0.2, 0.25) is 0 Å². The number of pyridine rings is 1. The maximum absolute atomic E-state index is 9.53. The van der Waals surface area contributed by atoms with Crippen LogP contribution < -0.4 is 0 Å². The molecule has 10 aromatic rings. The monoisotopic (exact) mass is 600 g/mol. The summed E-state index contributed by atoms with van der Waals surface area (Å²) >= 11 is 0. The van der Waals surface area contributed by atoms with Gasteiger partial charge in [-0.15, -0.1) is 0 Å². The van der Waals surface area contributed by atoms with Crippen LogP contribution in [-0.4, -0.2) is 14.1 Å². The highest BCUT2D eigenvalue weighted by molar-refractivity contribution is 6.13. The van der Waals surface area contributed by atoms with Gasteiger partial charge in [0.15, 0.2) is 0 Å². The third-order valence-electron chi connectivity index (χ3n) is 9.41. The first-order chi connectivity index (χ1) is 23.3. The number of para-hydroxylation sites is 4. The quantitative estimate of drug-likeness (QED) is 0.203. The van der Waals surface area contributed by atoms with E-state index in [1.54, 1.807) is 0 Å². The van der Waals surface area contributed by atoms with Crippen LogP contribution in [-0.2, 0) is 0 Å². The number of fused-ring (bicyclic) bond motifs is 9. The predicted octanol–water partition coefficient (Wildman–Crippen LogP) is 10.7. The Bertz CT molecular complexity index is 2920. The van der Waals surface area contributed by atoms with Gasteiger partial charge in [-0.2, -0.15) is 5.26 Å². The van der Waals surface area contributed by atoms with Crippen molar-refractivity contribution in [3.63, 3.8) is 0 Å². The molecule has 0 saturated heterocycles. The minimum absolute atomic E-state index is 0.646. The molecular weight excluding hydrogens is 576 g/mol. The Morgan fingerprint density at radius 1 is 0.532 bits per heavy atom. The number of furan rings is 1. The predicted molar refractivity (Wildman–Crippen MR) is 190 cm³/mol. The Balaban J connectivity index is 1.14. The van der Waals surface area contributed by atoms with Gasteiger partial charge in [0.25, 0.3) is 0 Å². The van der Waals surface area contributed by atoms with Crippen LogP contribution in [0.4, 0.5) is 0 Å². The second-order valence-corrected chi connectivity index (χ2v) is 11.9. The number of aromatic nitrogens is 3. The van der Waals surface area contributed by atoms with Gasteiger partial charge in [-0.25, -0.2) is 4.98 Å². The highest BCUT2D eigenvalue weighted by Gasteiger charge is 2.18. The van der Waals surface area contributed by atoms with Crippen molar-refractivity contribution < 1.29 is 4.42 Å². The lowest BCUT2D eigenvalue weighted by Crippen LogP contribution is -2.00. The fraction of sp³-hybridized carbons (Fsp3) is 0. The SMILES string of the molecule is N#Cc1ccc2c(c1)c1ccccc1n2-c1ccc(-n2c3ccccc3c3cc(-c4cccc5c4oc4ccccc45)ccc32)cn1. The molecule has 0 atom stereocenters. The molecule has 0 aliphatic carbocycles. The summed E-state index contributed by atoms with van der Waals surface area (Å²) in [6, 6.07) is 50.5. The Kier molecular flexibility index (Phi) is 5.28. The molecule has 4 aromatic heterocycles. The fourth-order valence-electron chi connectivity index (χ4n) is 7.33. The Hall–Kier alpha value is -6.64. The van der Waals surface area contributed by atoms with Gasteiger partial charge in [-0.1, -0.05) is 78.9 Å². The minimum Gasteiger partial charge on any atom is -0.455 e. The summed E-state index contributed by atoms with van der Waals surface area (Å²) < 4.78 is 10.9. The third kappa shape index (κ3) is 3.67. The van der Waals surface area contributed by atoms with Gasteiger partial charge in [-0.05, 0) is 66.2 Å². The van der Waals surface area contributed by atoms with Crippen LogP contribution in [0.3, 0.4) is 0 Å². The Morgan fingerprint density at radius 2 is 1.19 bits per heavy atom. The summed E-state index contributed by atoms with van der Waals surface area (Å²) in [6.07, 6.45) is 1.95. The molecule has 4 heterocycles. The van der Waals surface area contributed by atoms with E-state index in [0.29, 0.717) is 5.56 Å². The molecule has 10 rings (SSSR count). The molecule has 0 aliphatic heterocycles. The molecule has 0 aliphatic rings. The second kappa shape index (κ2) is 9.68. The molecule has 0 saturated carbocycles. The van der Waals surface area contributed by atoms with E-state index >= 15 is 0 Å². The van der Waals surface area contributed by atoms with Crippen molar-refractivity contribution in [2.45, 2.75) is 0 Å². The standard InChI is InChI=1S/C42H24N4O/c43-24-26-16-19-39-34(22-26)30-8-2-5-14-37(30)46(39)41-21-18-28(25-44-41)45-36-13-4-1-9-31(36)35-23-27(17-20-38(35)45)29-11-7-12-33-32-10-3-6-15-40(32)47-42(29)33/h1-23,25H. The molecule has 0 bridgehead atoms. The maximum atomic E-state index is 9.53. The number of rotatable bonds is 3. The summed E-state index contributed by atoms with van der Waals surface area (Å²) in [4.78, 5) is 5.02. The average molecular weight is 601 g/mol. The van der Waals surface area contributed by atoms with E-state index in [2.05, 4.69) is 112 Å². The fourth-order valence-corrected chi connectivity index (χ4v) is 7.33. The van der Waals surface area contributed by atoms with Crippen LogP contribution in [0, 0.1) is 11.3 Å². The van der Waals surface area contributed by atoms with Crippen molar-refractivity contribution in [2.24, 2.45) is 0 Å². The van der Waals surface area contributed by atoms with E-state index in [9.17, 15) is 5.26 Å². The Morgan fingerprint density at radius 3 is 1.98 bits per heavy atom. The summed E-state index contributed by atoms with van der Waals surface area (Å²) in [7, 11) is 0. The summed E-state index contributed by atoms with van der Waals surface area (Å²) in [5, 5.41) is 16.3. The van der Waals surface area contributed by atoms with Gasteiger partial charge >= 0.3 is 0 Å². The molecule has 0 unspecified atom stereocenters. The average Bonchev–Trinajstić information content (AvgIpc) is 3.79. The highest BCUT2D eigenvalue weighted by Crippen LogP contribution is 2.39. The van der Waals surface area contributed by atoms with E-state index in [1.165, 1.54) is 10.8 Å². The zero-order chi connectivity index (χ0) is 31.1. The van der Waals surface area contributed by atoms with Crippen molar-refractivity contribution in [3.05, 3.63) is 151 Å². The molecule has 0 fully saturated rings. The maximum Gasteiger partial charge on any atom is 0.143 e. The van der Waals surface area contributed by atoms with Gasteiger partial charge in [0.1, 0.15) is 17.0 Å². The molecule has 6 aromatic carbocycles. The van der Waals surface area contributed by atoms with Crippen LogP contribution in [0.1, 0.15) is 5.56 Å². The summed E-state index contributed by atoms with van der Waals surface area (Å²) in [5.74, 6) is 0.826. The van der Waals surface area contributed by atoms with E-state index < -0.39 is 0 Å². The first-order valence-corrected chi connectivity index (χ1v) is 15.6. The van der Waals surface area contributed by atoms with Gasteiger partial charge in [-0.3, -0.25) is 4.57 Å². The molecule has 5 nitrogen and oxygen atoms in total. The van der Waals surface area contributed by atoms with E-state index in [-0.39, 0.29) is 0 Å². The van der Waals surface area contributed by atoms with Gasteiger partial charge in [0.05, 0.1) is 45.6 Å². The lowest BCUT2D eigenvalue weighted by molar-refractivity contribution is 0.670. The molecule has 5 heteroatoms. The van der Waals surface area contributed by atoms with Crippen molar-refractivity contribution in [3.8, 4) is 28.7 Å². The van der Waals surface area contributed by atoms with Gasteiger partial charge in [0.2, 0.25) is 0 Å². The van der Waals surface area contributed by atoms with Crippen molar-refractivity contribution in [1.29, 1.82) is 5.26 Å². The van der Waals surface area contributed by atoms with Gasteiger partial charge in [0, 0.05) is 37.9 Å². The smallest absolute Gasteiger partial charge is 0.143 e. The number of hydrogen-bond donors (Lipinski definition) is 0. The molecule has 0 N–H and O–H groups in total. The minimum atomic E-state index is 0.646. The molecule has 47 heavy (non-hydrogen) atoms. The number of nitrogens with zero attached hydrogens (tertiary/aromatic N) is 4. The highest BCUT2D eigenvalue weighted by atomic mass is 16.3. The normalized spacial score (nSPS) is 11.8. The number of benzene rings is 6. The second-order valence-electron chi connectivity index (χ2n) is 11.9. The zero-order valence-corrected chi connectivity index (χ0v) is 25.1. The molecule has 0 spiro atoms. The van der Waals surface area contributed by atoms with Crippen LogP contribution in [0.25, 0.3) is 88.2 Å². The molecule has 0 radical (unpaired) electrons. The van der Waals surface area contributed by atoms with Crippen LogP contribution >= 0.6 is 0 Å². The van der Waals surface area contributed by atoms with E-state index in [1.807, 2.05) is 48.7 Å². The number of nitriles is 1. The van der Waals surface area contributed by atoms with Crippen LogP contribution in [0.5, 0.6) is 0 Å². The third-order valence-corrected chi connectivity index (χ3v) is 9.41. The van der Waals surface area contributed by atoms with E-state index in [4.69, 9.17) is 9.40 Å². The van der Waals surface area contributed by atoms with Crippen LogP contribution in [0.15, 0.2) is 150 Å². The summed E-state index contributed by atoms with van der Waals surface area (Å²) in [6.45, 7) is 0. The zero-order valence-electron chi connectivity index (χ0n) is 25.1. The Labute approximate surface area is 268 Å². The molecular formula is C42H24N4O. The van der Waals surface area contributed by atoms with Gasteiger partial charge < -0.3 is 8.98 Å². The first kappa shape index (κ1) is 25.7. The lowest BCUT2D eigenvalue weighted by atomic mass is 10.0. The largest absolute Gasteiger partial charge is 0.455 e. The topological polar surface area (TPSA) is 59.7 Å². The lowest BCUT2D eigenvalue weighted by Gasteiger charge is -2.11. The number of hydrogen-bond acceptors (Lipinski definition) is 3. The first-order valence-electron chi connectivity index (χ1n) is 15.6. The molecule has 0 amide bonds. The molecule has 218 valence electrons. The van der Waals surface area contributed by atoms with Crippen molar-refractivity contribution in [2.75, 3.05) is 0 Å². The van der Waals surface area contributed by atoms with E-state index in [0.717, 1.165) is 77.4 Å². The summed E-state index contributed by atoms with van der Waals surface area (Å²) in [5.41, 5.74) is 9.95.